The van der Waals surface area contributed by atoms with Gasteiger partial charge >= 0.3 is 6.18 Å². The average Bonchev–Trinajstić information content (AvgIpc) is 2.90. The van der Waals surface area contributed by atoms with E-state index in [1.165, 1.54) is 13.2 Å². The molecule has 1 aromatic carbocycles. The van der Waals surface area contributed by atoms with E-state index in [1.54, 1.807) is 6.07 Å². The van der Waals surface area contributed by atoms with Gasteiger partial charge in [-0.1, -0.05) is 26.0 Å². The molecular weight excluding hydrogens is 257 g/mol. The maximum absolute atomic E-state index is 13.0. The van der Waals surface area contributed by atoms with Crippen molar-refractivity contribution in [2.45, 2.75) is 31.9 Å². The number of rotatable bonds is 3. The van der Waals surface area contributed by atoms with E-state index in [0.717, 1.165) is 6.07 Å². The summed E-state index contributed by atoms with van der Waals surface area (Å²) in [5.41, 5.74) is -1.21. The molecule has 0 heterocycles. The van der Waals surface area contributed by atoms with E-state index in [2.05, 4.69) is 0 Å². The third-order valence-corrected chi connectivity index (χ3v) is 4.22. The van der Waals surface area contributed by atoms with Crippen molar-refractivity contribution in [3.05, 3.63) is 29.3 Å². The van der Waals surface area contributed by atoms with Crippen molar-refractivity contribution in [3.8, 4) is 5.75 Å². The van der Waals surface area contributed by atoms with Gasteiger partial charge in [0.15, 0.2) is 0 Å². The van der Waals surface area contributed by atoms with E-state index >= 15 is 0 Å². The zero-order valence-electron chi connectivity index (χ0n) is 11.1. The summed E-state index contributed by atoms with van der Waals surface area (Å²) in [5.74, 6) is -0.172. The second-order valence-corrected chi connectivity index (χ2v) is 5.69. The molecule has 1 fully saturated rings. The maximum atomic E-state index is 13.0. The predicted octanol–water partition coefficient (Wildman–Crippen LogP) is 3.37. The lowest BCUT2D eigenvalue weighted by Crippen LogP contribution is -2.22. The van der Waals surface area contributed by atoms with Gasteiger partial charge in [0.1, 0.15) is 5.75 Å². The quantitative estimate of drug-likeness (QED) is 0.915. The van der Waals surface area contributed by atoms with Crippen LogP contribution < -0.4 is 4.74 Å². The Hall–Kier alpha value is -1.23. The number of alkyl halides is 3. The number of hydrogen-bond acceptors (Lipinski definition) is 2. The molecule has 0 amide bonds. The predicted molar refractivity (Wildman–Crippen MR) is 65.2 cm³/mol. The van der Waals surface area contributed by atoms with Gasteiger partial charge in [-0.05, 0) is 17.9 Å². The summed E-state index contributed by atoms with van der Waals surface area (Å²) in [7, 11) is 1.23. The molecule has 1 N–H and O–H groups in total. The Morgan fingerprint density at radius 2 is 1.89 bits per heavy atom. The standard InChI is InChI=1S/C14H17F3O2/c1-12(2)7-13(12,8-18)9-5-4-6-10(11(9)19-3)14(15,16)17/h4-6,18H,7-8H2,1-3H3. The van der Waals surface area contributed by atoms with Gasteiger partial charge in [0, 0.05) is 11.0 Å². The second-order valence-electron chi connectivity index (χ2n) is 5.69. The molecule has 0 spiro atoms. The zero-order chi connectivity index (χ0) is 14.5. The first kappa shape index (κ1) is 14.2. The Morgan fingerprint density at radius 3 is 2.26 bits per heavy atom. The Bertz CT molecular complexity index is 494. The van der Waals surface area contributed by atoms with Gasteiger partial charge in [-0.3, -0.25) is 0 Å². The van der Waals surface area contributed by atoms with Gasteiger partial charge < -0.3 is 9.84 Å². The minimum Gasteiger partial charge on any atom is -0.496 e. The molecule has 0 bridgehead atoms. The molecule has 1 aromatic rings. The smallest absolute Gasteiger partial charge is 0.419 e. The van der Waals surface area contributed by atoms with E-state index in [9.17, 15) is 18.3 Å². The fourth-order valence-electron chi connectivity index (χ4n) is 2.88. The van der Waals surface area contributed by atoms with Crippen molar-refractivity contribution in [2.24, 2.45) is 5.41 Å². The molecule has 2 nitrogen and oxygen atoms in total. The molecule has 0 aliphatic heterocycles. The molecule has 19 heavy (non-hydrogen) atoms. The maximum Gasteiger partial charge on any atom is 0.419 e. The largest absolute Gasteiger partial charge is 0.496 e. The van der Waals surface area contributed by atoms with E-state index in [0.29, 0.717) is 12.0 Å². The number of para-hydroxylation sites is 1. The van der Waals surface area contributed by atoms with Crippen LogP contribution in [0, 0.1) is 5.41 Å². The lowest BCUT2D eigenvalue weighted by atomic mass is 9.86. The van der Waals surface area contributed by atoms with Crippen LogP contribution in [0.2, 0.25) is 0 Å². The summed E-state index contributed by atoms with van der Waals surface area (Å²) in [4.78, 5) is 0. The first-order valence-corrected chi connectivity index (χ1v) is 6.05. The van der Waals surface area contributed by atoms with Gasteiger partial charge in [0.05, 0.1) is 19.3 Å². The molecule has 2 rings (SSSR count). The van der Waals surface area contributed by atoms with Crippen molar-refractivity contribution >= 4 is 0 Å². The number of benzene rings is 1. The summed E-state index contributed by atoms with van der Waals surface area (Å²) < 4.78 is 43.9. The Balaban J connectivity index is 2.60. The monoisotopic (exact) mass is 274 g/mol. The topological polar surface area (TPSA) is 29.5 Å². The van der Waals surface area contributed by atoms with Crippen LogP contribution in [0.15, 0.2) is 18.2 Å². The van der Waals surface area contributed by atoms with Crippen LogP contribution >= 0.6 is 0 Å². The number of methoxy groups -OCH3 is 1. The Kier molecular flexibility index (Phi) is 3.08. The molecule has 106 valence electrons. The highest BCUT2D eigenvalue weighted by molar-refractivity contribution is 5.52. The Morgan fingerprint density at radius 1 is 1.32 bits per heavy atom. The van der Waals surface area contributed by atoms with Crippen LogP contribution in [0.5, 0.6) is 5.75 Å². The summed E-state index contributed by atoms with van der Waals surface area (Å²) in [6.07, 6.45) is -3.81. The minimum absolute atomic E-state index is 0.172. The highest BCUT2D eigenvalue weighted by Crippen LogP contribution is 2.66. The van der Waals surface area contributed by atoms with Crippen LogP contribution in [-0.2, 0) is 11.6 Å². The van der Waals surface area contributed by atoms with Gasteiger partial charge in [0.2, 0.25) is 0 Å². The molecule has 0 radical (unpaired) electrons. The SMILES string of the molecule is COc1c(C(F)(F)F)cccc1C1(CO)CC1(C)C. The normalized spacial score (nSPS) is 25.2. The highest BCUT2D eigenvalue weighted by Gasteiger charge is 2.63. The molecule has 5 heteroatoms. The van der Waals surface area contributed by atoms with Crippen LogP contribution in [0.3, 0.4) is 0 Å². The first-order valence-electron chi connectivity index (χ1n) is 6.05. The molecular formula is C14H17F3O2. The third kappa shape index (κ3) is 2.00. The van der Waals surface area contributed by atoms with E-state index in [4.69, 9.17) is 4.74 Å². The summed E-state index contributed by atoms with van der Waals surface area (Å²) >= 11 is 0. The lowest BCUT2D eigenvalue weighted by Gasteiger charge is -2.23. The highest BCUT2D eigenvalue weighted by atomic mass is 19.4. The zero-order valence-corrected chi connectivity index (χ0v) is 11.1. The number of halogens is 3. The fourth-order valence-corrected chi connectivity index (χ4v) is 2.88. The number of aliphatic hydroxyl groups is 1. The molecule has 1 saturated carbocycles. The van der Waals surface area contributed by atoms with Crippen LogP contribution in [0.25, 0.3) is 0 Å². The van der Waals surface area contributed by atoms with Crippen molar-refractivity contribution in [1.82, 2.24) is 0 Å². The van der Waals surface area contributed by atoms with Crippen LogP contribution in [-0.4, -0.2) is 18.8 Å². The van der Waals surface area contributed by atoms with Crippen LogP contribution in [0.1, 0.15) is 31.4 Å². The molecule has 1 aliphatic rings. The number of ether oxygens (including phenoxy) is 1. The minimum atomic E-state index is -4.46. The molecule has 1 atom stereocenters. The van der Waals surface area contributed by atoms with Crippen LogP contribution in [0.4, 0.5) is 13.2 Å². The van der Waals surface area contributed by atoms with E-state index in [1.807, 2.05) is 13.8 Å². The molecule has 1 aliphatic carbocycles. The average molecular weight is 274 g/mol. The molecule has 0 saturated heterocycles. The molecule has 0 aromatic heterocycles. The van der Waals surface area contributed by atoms with Gasteiger partial charge in [-0.25, -0.2) is 0 Å². The van der Waals surface area contributed by atoms with Gasteiger partial charge in [-0.2, -0.15) is 13.2 Å². The number of aliphatic hydroxyl groups excluding tert-OH is 1. The summed E-state index contributed by atoms with van der Waals surface area (Å²) in [5, 5.41) is 9.62. The van der Waals surface area contributed by atoms with Crippen molar-refractivity contribution < 1.29 is 23.0 Å². The summed E-state index contributed by atoms with van der Waals surface area (Å²) in [6.45, 7) is 3.68. The van der Waals surface area contributed by atoms with Crippen molar-refractivity contribution in [3.63, 3.8) is 0 Å². The third-order valence-electron chi connectivity index (χ3n) is 4.22. The van der Waals surface area contributed by atoms with E-state index < -0.39 is 17.2 Å². The van der Waals surface area contributed by atoms with E-state index in [-0.39, 0.29) is 17.8 Å². The molecule has 1 unspecified atom stereocenters. The van der Waals surface area contributed by atoms with Crippen molar-refractivity contribution in [1.29, 1.82) is 0 Å². The first-order chi connectivity index (χ1) is 8.69. The fraction of sp³-hybridized carbons (Fsp3) is 0.571. The second kappa shape index (κ2) is 4.13. The Labute approximate surface area is 110 Å². The van der Waals surface area contributed by atoms with Crippen molar-refractivity contribution in [2.75, 3.05) is 13.7 Å². The van der Waals surface area contributed by atoms with Gasteiger partial charge in [0.25, 0.3) is 0 Å². The number of hydrogen-bond donors (Lipinski definition) is 1. The summed E-state index contributed by atoms with van der Waals surface area (Å²) in [6, 6.07) is 3.98. The lowest BCUT2D eigenvalue weighted by molar-refractivity contribution is -0.138. The van der Waals surface area contributed by atoms with Gasteiger partial charge in [-0.15, -0.1) is 0 Å².